The molecule has 0 aromatic heterocycles. The fourth-order valence-corrected chi connectivity index (χ4v) is 5.18. The van der Waals surface area contributed by atoms with E-state index in [9.17, 15) is 74.6 Å². The highest BCUT2D eigenvalue weighted by atomic mass is 32.2. The Morgan fingerprint density at radius 3 is 1.77 bits per heavy atom. The van der Waals surface area contributed by atoms with Gasteiger partial charge >= 0.3 is 18.5 Å². The molecule has 0 atom stereocenters. The van der Waals surface area contributed by atoms with Gasteiger partial charge in [0.1, 0.15) is 21.1 Å². The summed E-state index contributed by atoms with van der Waals surface area (Å²) in [5.41, 5.74) is -8.64. The Morgan fingerprint density at radius 1 is 0.900 bits per heavy atom. The molecule has 0 amide bonds. The van der Waals surface area contributed by atoms with Crippen molar-refractivity contribution in [3.63, 3.8) is 0 Å². The maximum Gasteiger partial charge on any atom is 0.426 e. The lowest BCUT2D eigenvalue weighted by Gasteiger charge is -2.32. The molecule has 0 aliphatic carbocycles. The van der Waals surface area contributed by atoms with E-state index in [0.29, 0.717) is 7.11 Å². The third-order valence-corrected chi connectivity index (χ3v) is 7.20. The van der Waals surface area contributed by atoms with E-state index in [-0.39, 0.29) is 12.1 Å². The third kappa shape index (κ3) is 6.26. The quantitative estimate of drug-likeness (QED) is 0.284. The van der Waals surface area contributed by atoms with E-state index in [1.54, 1.807) is 0 Å². The minimum absolute atomic E-state index is 0.0790. The molecule has 0 radical (unpaired) electrons. The smallest absolute Gasteiger partial charge is 0.426 e. The van der Waals surface area contributed by atoms with Crippen molar-refractivity contribution >= 4 is 36.8 Å². The number of halogens is 10. The van der Waals surface area contributed by atoms with Crippen molar-refractivity contribution in [1.82, 2.24) is 0 Å². The molecule has 2 aromatic rings. The first-order valence-electron chi connectivity index (χ1n) is 9.94. The van der Waals surface area contributed by atoms with Crippen LogP contribution in [0.5, 0.6) is 5.75 Å². The van der Waals surface area contributed by atoms with E-state index in [0.717, 1.165) is 0 Å². The first kappa shape index (κ1) is 33.5. The number of benzene rings is 2. The van der Waals surface area contributed by atoms with Gasteiger partial charge in [-0.05, 0) is 17.7 Å². The van der Waals surface area contributed by atoms with Crippen molar-refractivity contribution in [3.05, 3.63) is 29.1 Å². The van der Waals surface area contributed by atoms with E-state index in [1.165, 1.54) is 0 Å². The fourth-order valence-electron chi connectivity index (χ4n) is 3.65. The number of Topliss-reactive ketones (excluding diaryl/α,β-unsaturated/α-hetero) is 1. The van der Waals surface area contributed by atoms with Gasteiger partial charge in [-0.1, -0.05) is 0 Å². The number of ether oxygens (including phenoxy) is 1. The molecule has 9 nitrogen and oxygen atoms in total. The van der Waals surface area contributed by atoms with Gasteiger partial charge in [0.2, 0.25) is 0 Å². The molecule has 2 aromatic carbocycles. The molecular weight excluding hydrogens is 626 g/mol. The lowest BCUT2D eigenvalue weighted by molar-refractivity contribution is -0.369. The monoisotopic (exact) mass is 640 g/mol. The van der Waals surface area contributed by atoms with Crippen LogP contribution >= 0.6 is 0 Å². The lowest BCUT2D eigenvalue weighted by atomic mass is 9.92. The molecule has 0 heterocycles. The Morgan fingerprint density at radius 2 is 1.40 bits per heavy atom. The number of fused-ring (bicyclic) bond motifs is 1. The highest BCUT2D eigenvalue weighted by Gasteiger charge is 2.69. The fraction of sp³-hybridized carbons (Fsp3) is 0.421. The maximum absolute atomic E-state index is 14.9. The molecule has 0 fully saturated rings. The summed E-state index contributed by atoms with van der Waals surface area (Å²) in [5, 5.41) is 5.75. The Bertz CT molecular complexity index is 1540. The van der Waals surface area contributed by atoms with Gasteiger partial charge in [-0.3, -0.25) is 13.9 Å². The van der Waals surface area contributed by atoms with Gasteiger partial charge in [-0.2, -0.15) is 56.3 Å². The minimum atomic E-state index is -6.32. The average Bonchev–Trinajstić information content (AvgIpc) is 2.71. The molecule has 2 rings (SSSR count). The number of rotatable bonds is 8. The van der Waals surface area contributed by atoms with Crippen molar-refractivity contribution < 1.29 is 84.5 Å². The van der Waals surface area contributed by atoms with Gasteiger partial charge in [0.15, 0.2) is 11.6 Å². The predicted molar refractivity (Wildman–Crippen MR) is 110 cm³/mol. The summed E-state index contributed by atoms with van der Waals surface area (Å²) in [5.74, 6) is -5.99. The number of carbonyl (C=O) groups is 1. The van der Waals surface area contributed by atoms with E-state index in [4.69, 9.17) is 5.11 Å². The van der Waals surface area contributed by atoms with E-state index in [1.807, 2.05) is 0 Å². The Kier molecular flexibility index (Phi) is 8.58. The zero-order valence-electron chi connectivity index (χ0n) is 19.2. The van der Waals surface area contributed by atoms with Gasteiger partial charge in [-0.15, -0.1) is 0 Å². The summed E-state index contributed by atoms with van der Waals surface area (Å²) in [6, 6.07) is 0.248. The molecule has 0 aliphatic rings. The van der Waals surface area contributed by atoms with Crippen LogP contribution in [0.25, 0.3) is 10.8 Å². The Labute approximate surface area is 216 Å². The van der Waals surface area contributed by atoms with E-state index in [2.05, 4.69) is 4.74 Å². The van der Waals surface area contributed by atoms with Gasteiger partial charge < -0.3 is 9.84 Å². The molecule has 0 saturated heterocycles. The predicted octanol–water partition coefficient (Wildman–Crippen LogP) is 4.25. The lowest BCUT2D eigenvalue weighted by Crippen LogP contribution is -2.56. The number of methoxy groups -OCH3 is 1. The summed E-state index contributed by atoms with van der Waals surface area (Å²) in [6.45, 7) is 0. The van der Waals surface area contributed by atoms with Crippen LogP contribution in [0.3, 0.4) is 0 Å². The maximum atomic E-state index is 14.9. The van der Waals surface area contributed by atoms with Crippen LogP contribution in [0.2, 0.25) is 0 Å². The number of ketones is 1. The molecule has 0 aliphatic heterocycles. The summed E-state index contributed by atoms with van der Waals surface area (Å²) >= 11 is 0. The zero-order chi connectivity index (χ0) is 31.4. The largest absolute Gasteiger partial charge is 0.493 e. The van der Waals surface area contributed by atoms with Crippen molar-refractivity contribution in [3.8, 4) is 5.75 Å². The first-order valence-corrected chi connectivity index (χ1v) is 12.8. The highest BCUT2D eigenvalue weighted by Crippen LogP contribution is 2.48. The Hall–Kier alpha value is -2.75. The molecule has 3 N–H and O–H groups in total. The van der Waals surface area contributed by atoms with Crippen LogP contribution in [0.15, 0.2) is 21.9 Å². The standard InChI is InChI=1S/C19H14F10O9S2/c1-38-14-12(17(21,22)23)11-9(15(13(14)20)40(35,36)37)5-7(6-10(11)39(32,33)34)4-8(30)2-3-16(31,18(24,25)26)19(27,28)29/h5-6,31H,2-4H2,1H3,(H,32,33,34)(H,35,36,37). The van der Waals surface area contributed by atoms with Crippen LogP contribution in [0, 0.1) is 5.82 Å². The van der Waals surface area contributed by atoms with Gasteiger partial charge in [0.05, 0.1) is 7.11 Å². The molecule has 21 heteroatoms. The van der Waals surface area contributed by atoms with Crippen LogP contribution < -0.4 is 4.74 Å². The second-order valence-electron chi connectivity index (χ2n) is 8.09. The Balaban J connectivity index is 2.87. The first-order chi connectivity index (χ1) is 17.7. The molecule has 0 spiro atoms. The van der Waals surface area contributed by atoms with E-state index >= 15 is 0 Å². The van der Waals surface area contributed by atoms with Crippen molar-refractivity contribution in [2.75, 3.05) is 7.11 Å². The molecule has 226 valence electrons. The summed E-state index contributed by atoms with van der Waals surface area (Å²) in [7, 11) is -11.3. The molecule has 0 bridgehead atoms. The summed E-state index contributed by atoms with van der Waals surface area (Å²) < 4.78 is 204. The van der Waals surface area contributed by atoms with Crippen LogP contribution in [-0.2, 0) is 37.6 Å². The molecule has 40 heavy (non-hydrogen) atoms. The van der Waals surface area contributed by atoms with Crippen molar-refractivity contribution in [2.24, 2.45) is 0 Å². The van der Waals surface area contributed by atoms with Gasteiger partial charge in [0, 0.05) is 30.0 Å². The SMILES string of the molecule is COc1c(F)c(S(=O)(=O)O)c2cc(CC(=O)CCC(O)(C(F)(F)F)C(F)(F)F)cc(S(=O)(=O)O)c2c1C(F)(F)F. The van der Waals surface area contributed by atoms with E-state index < -0.39 is 113 Å². The second-order valence-corrected chi connectivity index (χ2v) is 10.8. The number of hydrogen-bond donors (Lipinski definition) is 3. The second kappa shape index (κ2) is 10.3. The van der Waals surface area contributed by atoms with Gasteiger partial charge in [0.25, 0.3) is 25.8 Å². The van der Waals surface area contributed by atoms with Crippen molar-refractivity contribution in [2.45, 2.75) is 53.2 Å². The number of aliphatic hydroxyl groups is 1. The average molecular weight is 640 g/mol. The summed E-state index contributed by atoms with van der Waals surface area (Å²) in [6.07, 6.45) is -23.8. The summed E-state index contributed by atoms with van der Waals surface area (Å²) in [4.78, 5) is 8.31. The van der Waals surface area contributed by atoms with Crippen LogP contribution in [0.4, 0.5) is 43.9 Å². The highest BCUT2D eigenvalue weighted by molar-refractivity contribution is 7.86. The zero-order valence-corrected chi connectivity index (χ0v) is 20.8. The number of carbonyl (C=O) groups excluding carboxylic acids is 1. The van der Waals surface area contributed by atoms with Crippen LogP contribution in [0.1, 0.15) is 24.0 Å². The third-order valence-electron chi connectivity index (χ3n) is 5.41. The normalized spacial score (nSPS) is 14.1. The molecule has 0 unspecified atom stereocenters. The molecular formula is C19H14F10O9S2. The number of hydrogen-bond acceptors (Lipinski definition) is 7. The number of alkyl halides is 9. The van der Waals surface area contributed by atoms with Crippen molar-refractivity contribution in [1.29, 1.82) is 0 Å². The van der Waals surface area contributed by atoms with Crippen LogP contribution in [-0.4, -0.2) is 61.9 Å². The topological polar surface area (TPSA) is 155 Å². The minimum Gasteiger partial charge on any atom is -0.493 e. The molecule has 0 saturated carbocycles. The van der Waals surface area contributed by atoms with Gasteiger partial charge in [-0.25, -0.2) is 4.39 Å².